The number of hydrogen-bond donors (Lipinski definition) is 1. The van der Waals surface area contributed by atoms with E-state index in [1.807, 2.05) is 6.07 Å². The Morgan fingerprint density at radius 3 is 2.85 bits per heavy atom. The molecule has 1 unspecified atom stereocenters. The third kappa shape index (κ3) is 3.84. The Labute approximate surface area is 123 Å². The van der Waals surface area contributed by atoms with E-state index >= 15 is 0 Å². The number of hydrogen-bond acceptors (Lipinski definition) is 2. The molecule has 0 aliphatic heterocycles. The highest BCUT2D eigenvalue weighted by Crippen LogP contribution is 2.28. The summed E-state index contributed by atoms with van der Waals surface area (Å²) in [6.07, 6.45) is 1.88. The molecule has 0 amide bonds. The van der Waals surface area contributed by atoms with Gasteiger partial charge in [-0.25, -0.2) is 4.39 Å². The first-order valence-corrected chi connectivity index (χ1v) is 7.25. The second-order valence-electron chi connectivity index (χ2n) is 4.95. The predicted molar refractivity (Wildman–Crippen MR) is 80.6 cm³/mol. The Morgan fingerprint density at radius 1 is 1.30 bits per heavy atom. The standard InChI is InChI=1S/C16H19ClFNO/c1-3-8-19-11(2)9-13-5-7-16(20-13)14-10-12(17)4-6-15(14)18/h4-7,10-11,19H,3,8-9H2,1-2H3. The van der Waals surface area contributed by atoms with Crippen molar-refractivity contribution >= 4 is 11.6 Å². The van der Waals surface area contributed by atoms with Gasteiger partial charge in [-0.3, -0.25) is 0 Å². The monoisotopic (exact) mass is 295 g/mol. The van der Waals surface area contributed by atoms with Crippen molar-refractivity contribution in [2.45, 2.75) is 32.7 Å². The summed E-state index contributed by atoms with van der Waals surface area (Å²) in [5.41, 5.74) is 0.401. The van der Waals surface area contributed by atoms with Crippen LogP contribution in [-0.2, 0) is 6.42 Å². The van der Waals surface area contributed by atoms with Gasteiger partial charge in [0, 0.05) is 17.5 Å². The van der Waals surface area contributed by atoms with E-state index in [9.17, 15) is 4.39 Å². The summed E-state index contributed by atoms with van der Waals surface area (Å²) >= 11 is 5.90. The molecule has 1 aromatic carbocycles. The van der Waals surface area contributed by atoms with E-state index in [2.05, 4.69) is 19.2 Å². The fraction of sp³-hybridized carbons (Fsp3) is 0.375. The Bertz CT molecular complexity index is 567. The number of nitrogens with one attached hydrogen (secondary N) is 1. The van der Waals surface area contributed by atoms with Crippen molar-refractivity contribution < 1.29 is 8.81 Å². The van der Waals surface area contributed by atoms with Crippen LogP contribution in [0.3, 0.4) is 0 Å². The highest BCUT2D eigenvalue weighted by molar-refractivity contribution is 6.30. The molecule has 0 aliphatic rings. The normalized spacial score (nSPS) is 12.6. The van der Waals surface area contributed by atoms with Crippen molar-refractivity contribution in [2.75, 3.05) is 6.54 Å². The highest BCUT2D eigenvalue weighted by Gasteiger charge is 2.12. The molecule has 0 fully saturated rings. The summed E-state index contributed by atoms with van der Waals surface area (Å²) in [7, 11) is 0. The molecule has 0 spiro atoms. The molecule has 2 aromatic rings. The first-order chi connectivity index (χ1) is 9.60. The molecule has 2 rings (SSSR count). The Hall–Kier alpha value is -1.32. The van der Waals surface area contributed by atoms with Crippen LogP contribution < -0.4 is 5.32 Å². The molecule has 0 bridgehead atoms. The van der Waals surface area contributed by atoms with Gasteiger partial charge in [-0.15, -0.1) is 0 Å². The van der Waals surface area contributed by atoms with Gasteiger partial charge in [0.15, 0.2) is 0 Å². The van der Waals surface area contributed by atoms with Crippen molar-refractivity contribution in [1.29, 1.82) is 0 Å². The Morgan fingerprint density at radius 2 is 2.10 bits per heavy atom. The maximum atomic E-state index is 13.8. The zero-order chi connectivity index (χ0) is 14.5. The van der Waals surface area contributed by atoms with Gasteiger partial charge in [0.25, 0.3) is 0 Å². The van der Waals surface area contributed by atoms with E-state index in [0.717, 1.165) is 25.1 Å². The first kappa shape index (κ1) is 15.1. The highest BCUT2D eigenvalue weighted by atomic mass is 35.5. The molecule has 108 valence electrons. The molecule has 1 N–H and O–H groups in total. The summed E-state index contributed by atoms with van der Waals surface area (Å²) < 4.78 is 19.5. The third-order valence-corrected chi connectivity index (χ3v) is 3.34. The summed E-state index contributed by atoms with van der Waals surface area (Å²) in [5.74, 6) is 1.03. The lowest BCUT2D eigenvalue weighted by Gasteiger charge is -2.11. The first-order valence-electron chi connectivity index (χ1n) is 6.87. The molecule has 0 saturated carbocycles. The van der Waals surface area contributed by atoms with E-state index < -0.39 is 0 Å². The predicted octanol–water partition coefficient (Wildman–Crippen LogP) is 4.67. The van der Waals surface area contributed by atoms with Crippen molar-refractivity contribution in [2.24, 2.45) is 0 Å². The summed E-state index contributed by atoms with van der Waals surface area (Å²) in [6.45, 7) is 5.22. The topological polar surface area (TPSA) is 25.2 Å². The molecular formula is C16H19ClFNO. The van der Waals surface area contributed by atoms with Crippen LogP contribution in [0.4, 0.5) is 4.39 Å². The van der Waals surface area contributed by atoms with Gasteiger partial charge in [0.2, 0.25) is 0 Å². The minimum absolute atomic E-state index is 0.326. The Kier molecular flexibility index (Phi) is 5.21. The fourth-order valence-corrected chi connectivity index (χ4v) is 2.26. The van der Waals surface area contributed by atoms with Gasteiger partial charge in [-0.2, -0.15) is 0 Å². The van der Waals surface area contributed by atoms with Crippen LogP contribution in [0.25, 0.3) is 11.3 Å². The number of furan rings is 1. The van der Waals surface area contributed by atoms with E-state index in [4.69, 9.17) is 16.0 Å². The van der Waals surface area contributed by atoms with Crippen LogP contribution in [0, 0.1) is 5.82 Å². The molecule has 2 nitrogen and oxygen atoms in total. The quantitative estimate of drug-likeness (QED) is 0.838. The van der Waals surface area contributed by atoms with Gasteiger partial charge < -0.3 is 9.73 Å². The molecule has 20 heavy (non-hydrogen) atoms. The Balaban J connectivity index is 2.10. The van der Waals surface area contributed by atoms with Gasteiger partial charge in [0.05, 0.1) is 5.56 Å². The zero-order valence-corrected chi connectivity index (χ0v) is 12.5. The minimum Gasteiger partial charge on any atom is -0.461 e. The van der Waals surface area contributed by atoms with E-state index in [1.54, 1.807) is 12.1 Å². The molecule has 1 aromatic heterocycles. The van der Waals surface area contributed by atoms with Gasteiger partial charge in [-0.05, 0) is 50.2 Å². The van der Waals surface area contributed by atoms with Crippen molar-refractivity contribution in [3.63, 3.8) is 0 Å². The van der Waals surface area contributed by atoms with Crippen LogP contribution in [0.2, 0.25) is 5.02 Å². The molecule has 4 heteroatoms. The van der Waals surface area contributed by atoms with Crippen LogP contribution in [0.1, 0.15) is 26.0 Å². The van der Waals surface area contributed by atoms with E-state index in [0.29, 0.717) is 22.4 Å². The van der Waals surface area contributed by atoms with E-state index in [-0.39, 0.29) is 5.82 Å². The van der Waals surface area contributed by atoms with Crippen molar-refractivity contribution in [3.05, 3.63) is 46.9 Å². The molecule has 0 radical (unpaired) electrons. The van der Waals surface area contributed by atoms with Gasteiger partial charge in [0.1, 0.15) is 17.3 Å². The SMILES string of the molecule is CCCNC(C)Cc1ccc(-c2cc(Cl)ccc2F)o1. The largest absolute Gasteiger partial charge is 0.461 e. The second kappa shape index (κ2) is 6.91. The van der Waals surface area contributed by atoms with Crippen molar-refractivity contribution in [3.8, 4) is 11.3 Å². The fourth-order valence-electron chi connectivity index (χ4n) is 2.08. The second-order valence-corrected chi connectivity index (χ2v) is 5.39. The average Bonchev–Trinajstić information content (AvgIpc) is 2.87. The third-order valence-electron chi connectivity index (χ3n) is 3.11. The molecule has 1 atom stereocenters. The molecule has 0 aliphatic carbocycles. The van der Waals surface area contributed by atoms with Gasteiger partial charge >= 0.3 is 0 Å². The average molecular weight is 296 g/mol. The summed E-state index contributed by atoms with van der Waals surface area (Å²) in [6, 6.07) is 8.47. The maximum absolute atomic E-state index is 13.8. The molecule has 1 heterocycles. The van der Waals surface area contributed by atoms with Gasteiger partial charge in [-0.1, -0.05) is 18.5 Å². The van der Waals surface area contributed by atoms with E-state index in [1.165, 1.54) is 12.1 Å². The lowest BCUT2D eigenvalue weighted by atomic mass is 10.1. The lowest BCUT2D eigenvalue weighted by Crippen LogP contribution is -2.28. The van der Waals surface area contributed by atoms with Crippen molar-refractivity contribution in [1.82, 2.24) is 5.32 Å². The lowest BCUT2D eigenvalue weighted by molar-refractivity contribution is 0.462. The number of benzene rings is 1. The molecular weight excluding hydrogens is 277 g/mol. The molecule has 0 saturated heterocycles. The smallest absolute Gasteiger partial charge is 0.137 e. The zero-order valence-electron chi connectivity index (χ0n) is 11.7. The minimum atomic E-state index is -0.326. The van der Waals surface area contributed by atoms with Crippen LogP contribution >= 0.6 is 11.6 Å². The van der Waals surface area contributed by atoms with Crippen LogP contribution in [0.5, 0.6) is 0 Å². The summed E-state index contributed by atoms with van der Waals surface area (Å²) in [5, 5.41) is 3.89. The van der Waals surface area contributed by atoms with Crippen LogP contribution in [0.15, 0.2) is 34.7 Å². The number of halogens is 2. The summed E-state index contributed by atoms with van der Waals surface area (Å²) in [4.78, 5) is 0. The van der Waals surface area contributed by atoms with Crippen LogP contribution in [-0.4, -0.2) is 12.6 Å². The number of rotatable bonds is 6. The maximum Gasteiger partial charge on any atom is 0.137 e.